The Labute approximate surface area is 125 Å². The molecule has 0 saturated carbocycles. The van der Waals surface area contributed by atoms with Gasteiger partial charge in [0.05, 0.1) is 4.90 Å². The van der Waals surface area contributed by atoms with Gasteiger partial charge in [0.2, 0.25) is 10.0 Å². The average molecular weight is 314 g/mol. The number of hydrogen-bond donors (Lipinski definition) is 2. The van der Waals surface area contributed by atoms with Gasteiger partial charge in [-0.1, -0.05) is 0 Å². The molecule has 1 heterocycles. The highest BCUT2D eigenvalue weighted by Crippen LogP contribution is 2.26. The molecule has 1 unspecified atom stereocenters. The number of thioether (sulfide) groups is 1. The van der Waals surface area contributed by atoms with Crippen LogP contribution in [0.25, 0.3) is 0 Å². The molecule has 2 rings (SSSR count). The van der Waals surface area contributed by atoms with Crippen LogP contribution in [0.15, 0.2) is 17.0 Å². The predicted octanol–water partition coefficient (Wildman–Crippen LogP) is 2.52. The fourth-order valence-electron chi connectivity index (χ4n) is 2.63. The molecule has 0 amide bonds. The summed E-state index contributed by atoms with van der Waals surface area (Å²) in [4.78, 5) is 0.423. The number of benzene rings is 1. The van der Waals surface area contributed by atoms with Crippen molar-refractivity contribution in [3.05, 3.63) is 23.3 Å². The van der Waals surface area contributed by atoms with Crippen LogP contribution in [0.5, 0.6) is 0 Å². The van der Waals surface area contributed by atoms with E-state index in [1.54, 1.807) is 0 Å². The van der Waals surface area contributed by atoms with Crippen LogP contribution in [0.1, 0.15) is 24.0 Å². The van der Waals surface area contributed by atoms with E-state index in [0.717, 1.165) is 41.2 Å². The van der Waals surface area contributed by atoms with E-state index in [2.05, 4.69) is 10.0 Å². The molecule has 0 aliphatic carbocycles. The summed E-state index contributed by atoms with van der Waals surface area (Å²) in [7, 11) is -1.60. The number of sulfonamides is 1. The van der Waals surface area contributed by atoms with Crippen LogP contribution in [0.4, 0.5) is 5.69 Å². The van der Waals surface area contributed by atoms with E-state index in [4.69, 9.17) is 0 Å². The Morgan fingerprint density at radius 2 is 1.90 bits per heavy atom. The zero-order chi connectivity index (χ0) is 14.8. The highest BCUT2D eigenvalue weighted by Gasteiger charge is 2.25. The first kappa shape index (κ1) is 15.7. The van der Waals surface area contributed by atoms with E-state index in [9.17, 15) is 8.42 Å². The molecular formula is C14H22N2O2S2. The first-order valence-corrected chi connectivity index (χ1v) is 9.47. The van der Waals surface area contributed by atoms with Crippen molar-refractivity contribution < 1.29 is 8.42 Å². The minimum atomic E-state index is -3.44. The standard InChI is InChI=1S/C14H22N2O2S2/c1-10-7-13(15-3)8-11(2)14(10)20(17,18)16-12-5-4-6-19-9-12/h7-8,12,15-16H,4-6,9H2,1-3H3. The highest BCUT2D eigenvalue weighted by atomic mass is 32.2. The summed E-state index contributed by atoms with van der Waals surface area (Å²) in [5, 5.41) is 3.05. The number of anilines is 1. The molecule has 1 saturated heterocycles. The van der Waals surface area contributed by atoms with Crippen LogP contribution in [-0.4, -0.2) is 33.0 Å². The van der Waals surface area contributed by atoms with Crippen LogP contribution in [0, 0.1) is 13.8 Å². The lowest BCUT2D eigenvalue weighted by Crippen LogP contribution is -2.38. The minimum Gasteiger partial charge on any atom is -0.388 e. The maximum absolute atomic E-state index is 12.6. The van der Waals surface area contributed by atoms with Crippen molar-refractivity contribution in [2.75, 3.05) is 23.9 Å². The van der Waals surface area contributed by atoms with E-state index < -0.39 is 10.0 Å². The molecule has 1 aromatic carbocycles. The summed E-state index contributed by atoms with van der Waals surface area (Å²) in [6, 6.07) is 3.80. The molecular weight excluding hydrogens is 292 g/mol. The van der Waals surface area contributed by atoms with Crippen molar-refractivity contribution in [1.29, 1.82) is 0 Å². The third kappa shape index (κ3) is 3.48. The van der Waals surface area contributed by atoms with Gasteiger partial charge in [0, 0.05) is 24.5 Å². The second-order valence-corrected chi connectivity index (χ2v) is 8.03. The Morgan fingerprint density at radius 3 is 2.40 bits per heavy atom. The van der Waals surface area contributed by atoms with Gasteiger partial charge in [-0.2, -0.15) is 11.8 Å². The Morgan fingerprint density at radius 1 is 1.25 bits per heavy atom. The normalized spacial score (nSPS) is 19.9. The van der Waals surface area contributed by atoms with Crippen LogP contribution in [0.3, 0.4) is 0 Å². The van der Waals surface area contributed by atoms with Gasteiger partial charge in [-0.15, -0.1) is 0 Å². The van der Waals surface area contributed by atoms with Crippen LogP contribution in [0.2, 0.25) is 0 Å². The molecule has 1 aliphatic rings. The van der Waals surface area contributed by atoms with E-state index in [0.29, 0.717) is 4.90 Å². The van der Waals surface area contributed by atoms with Crippen molar-refractivity contribution in [2.45, 2.75) is 37.6 Å². The predicted molar refractivity (Wildman–Crippen MR) is 86.1 cm³/mol. The van der Waals surface area contributed by atoms with Crippen molar-refractivity contribution in [3.63, 3.8) is 0 Å². The second kappa shape index (κ2) is 6.37. The third-order valence-electron chi connectivity index (χ3n) is 3.50. The van der Waals surface area contributed by atoms with Crippen molar-refractivity contribution >= 4 is 27.5 Å². The van der Waals surface area contributed by atoms with E-state index >= 15 is 0 Å². The molecule has 20 heavy (non-hydrogen) atoms. The summed E-state index contributed by atoms with van der Waals surface area (Å²) in [6.07, 6.45) is 2.01. The van der Waals surface area contributed by atoms with Crippen molar-refractivity contribution in [2.24, 2.45) is 0 Å². The summed E-state index contributed by atoms with van der Waals surface area (Å²) < 4.78 is 28.1. The number of rotatable bonds is 4. The zero-order valence-corrected chi connectivity index (χ0v) is 13.8. The molecule has 1 fully saturated rings. The molecule has 112 valence electrons. The first-order chi connectivity index (χ1) is 9.44. The zero-order valence-electron chi connectivity index (χ0n) is 12.2. The maximum atomic E-state index is 12.6. The Hall–Kier alpha value is -0.720. The van der Waals surface area contributed by atoms with Crippen LogP contribution in [-0.2, 0) is 10.0 Å². The maximum Gasteiger partial charge on any atom is 0.241 e. The summed E-state index contributed by atoms with van der Waals surface area (Å²) >= 11 is 1.82. The first-order valence-electron chi connectivity index (χ1n) is 6.83. The van der Waals surface area contributed by atoms with Gasteiger partial charge in [0.25, 0.3) is 0 Å². The van der Waals surface area contributed by atoms with Gasteiger partial charge in [0.1, 0.15) is 0 Å². The topological polar surface area (TPSA) is 58.2 Å². The van der Waals surface area contributed by atoms with Gasteiger partial charge < -0.3 is 5.32 Å². The SMILES string of the molecule is CNc1cc(C)c(S(=O)(=O)NC2CCCSC2)c(C)c1. The fraction of sp³-hybridized carbons (Fsp3) is 0.571. The quantitative estimate of drug-likeness (QED) is 0.896. The lowest BCUT2D eigenvalue weighted by molar-refractivity contribution is 0.542. The molecule has 6 heteroatoms. The van der Waals surface area contributed by atoms with Gasteiger partial charge in [-0.05, 0) is 55.7 Å². The Kier molecular flexibility index (Phi) is 4.99. The van der Waals surface area contributed by atoms with Crippen molar-refractivity contribution in [3.8, 4) is 0 Å². The van der Waals surface area contributed by atoms with Gasteiger partial charge in [-0.3, -0.25) is 0 Å². The lowest BCUT2D eigenvalue weighted by Gasteiger charge is -2.23. The molecule has 1 atom stereocenters. The third-order valence-corrected chi connectivity index (χ3v) is 6.54. The second-order valence-electron chi connectivity index (χ2n) is 5.22. The lowest BCUT2D eigenvalue weighted by atomic mass is 10.1. The Balaban J connectivity index is 2.29. The molecule has 0 bridgehead atoms. The average Bonchev–Trinajstić information content (AvgIpc) is 2.37. The number of aryl methyl sites for hydroxylation is 2. The summed E-state index contributed by atoms with van der Waals surface area (Å²) in [5.74, 6) is 2.00. The monoisotopic (exact) mass is 314 g/mol. The molecule has 1 aromatic rings. The molecule has 2 N–H and O–H groups in total. The summed E-state index contributed by atoms with van der Waals surface area (Å²) in [5.41, 5.74) is 2.50. The smallest absolute Gasteiger partial charge is 0.241 e. The molecule has 0 spiro atoms. The van der Waals surface area contributed by atoms with Gasteiger partial charge >= 0.3 is 0 Å². The van der Waals surface area contributed by atoms with E-state index in [1.165, 1.54) is 0 Å². The van der Waals surface area contributed by atoms with Gasteiger partial charge in [0.15, 0.2) is 0 Å². The van der Waals surface area contributed by atoms with E-state index in [1.807, 2.05) is 44.8 Å². The molecule has 0 aromatic heterocycles. The number of hydrogen-bond acceptors (Lipinski definition) is 4. The highest BCUT2D eigenvalue weighted by molar-refractivity contribution is 7.99. The van der Waals surface area contributed by atoms with Crippen LogP contribution < -0.4 is 10.0 Å². The fourth-order valence-corrected chi connectivity index (χ4v) is 5.53. The molecule has 0 radical (unpaired) electrons. The molecule has 4 nitrogen and oxygen atoms in total. The van der Waals surface area contributed by atoms with Gasteiger partial charge in [-0.25, -0.2) is 13.1 Å². The number of nitrogens with one attached hydrogen (secondary N) is 2. The van der Waals surface area contributed by atoms with Crippen LogP contribution >= 0.6 is 11.8 Å². The Bertz CT molecular complexity index is 556. The van der Waals surface area contributed by atoms with E-state index in [-0.39, 0.29) is 6.04 Å². The largest absolute Gasteiger partial charge is 0.388 e. The minimum absolute atomic E-state index is 0.0570. The van der Waals surface area contributed by atoms with Crippen molar-refractivity contribution in [1.82, 2.24) is 4.72 Å². The summed E-state index contributed by atoms with van der Waals surface area (Å²) in [6.45, 7) is 3.69. The molecule has 1 aliphatic heterocycles.